The normalized spacial score (nSPS) is 13.2. The second-order valence-corrected chi connectivity index (χ2v) is 12.6. The van der Waals surface area contributed by atoms with Crippen molar-refractivity contribution in [2.75, 3.05) is 0 Å². The third kappa shape index (κ3) is 4.13. The quantitative estimate of drug-likeness (QED) is 0.205. The molecule has 0 unspecified atom stereocenters. The highest BCUT2D eigenvalue weighted by atomic mass is 16.3. The van der Waals surface area contributed by atoms with E-state index in [4.69, 9.17) is 14.4 Å². The predicted molar refractivity (Wildman–Crippen MR) is 189 cm³/mol. The Labute approximate surface area is 267 Å². The maximum absolute atomic E-state index is 6.56. The number of nitrogens with zero attached hydrogens (tertiary/aromatic N) is 2. The molecule has 3 nitrogen and oxygen atoms in total. The zero-order valence-corrected chi connectivity index (χ0v) is 25.7. The molecule has 9 rings (SSSR count). The third-order valence-corrected chi connectivity index (χ3v) is 9.50. The van der Waals surface area contributed by atoms with Gasteiger partial charge < -0.3 is 4.42 Å². The molecule has 0 saturated heterocycles. The average molecular weight is 591 g/mol. The molecule has 218 valence electrons. The molecule has 3 heteroatoms. The van der Waals surface area contributed by atoms with Crippen molar-refractivity contribution in [2.45, 2.75) is 19.3 Å². The van der Waals surface area contributed by atoms with E-state index in [1.165, 1.54) is 22.3 Å². The van der Waals surface area contributed by atoms with E-state index in [1.54, 1.807) is 0 Å². The molecule has 2 heterocycles. The lowest BCUT2D eigenvalue weighted by molar-refractivity contribution is 0.647. The number of fused-ring (bicyclic) bond motifs is 6. The van der Waals surface area contributed by atoms with Gasteiger partial charge in [0.1, 0.15) is 11.2 Å². The Morgan fingerprint density at radius 3 is 1.89 bits per heavy atom. The zero-order valence-electron chi connectivity index (χ0n) is 25.7. The first-order valence-corrected chi connectivity index (χ1v) is 15.7. The van der Waals surface area contributed by atoms with Gasteiger partial charge >= 0.3 is 0 Å². The largest absolute Gasteiger partial charge is 0.456 e. The highest BCUT2D eigenvalue weighted by Crippen LogP contribution is 2.51. The molecule has 0 fully saturated rings. The van der Waals surface area contributed by atoms with Crippen molar-refractivity contribution in [3.8, 4) is 56.2 Å². The Bertz CT molecular complexity index is 2380. The highest BCUT2D eigenvalue weighted by molar-refractivity contribution is 6.14. The van der Waals surface area contributed by atoms with Gasteiger partial charge in [-0.05, 0) is 63.7 Å². The Kier molecular flexibility index (Phi) is 5.85. The second kappa shape index (κ2) is 10.1. The van der Waals surface area contributed by atoms with E-state index in [-0.39, 0.29) is 5.41 Å². The van der Waals surface area contributed by atoms with Crippen molar-refractivity contribution in [1.82, 2.24) is 9.97 Å². The summed E-state index contributed by atoms with van der Waals surface area (Å²) in [6.07, 6.45) is 0. The van der Waals surface area contributed by atoms with Crippen molar-refractivity contribution >= 4 is 21.9 Å². The predicted octanol–water partition coefficient (Wildman–Crippen LogP) is 11.4. The van der Waals surface area contributed by atoms with E-state index in [9.17, 15) is 0 Å². The van der Waals surface area contributed by atoms with Crippen molar-refractivity contribution in [1.29, 1.82) is 0 Å². The van der Waals surface area contributed by atoms with Gasteiger partial charge in [-0.3, -0.25) is 0 Å². The summed E-state index contributed by atoms with van der Waals surface area (Å²) in [4.78, 5) is 10.1. The monoisotopic (exact) mass is 590 g/mol. The van der Waals surface area contributed by atoms with Crippen LogP contribution in [0, 0.1) is 0 Å². The molecular formula is C43H30N2O. The summed E-state index contributed by atoms with van der Waals surface area (Å²) in [6.45, 7) is 4.62. The van der Waals surface area contributed by atoms with Crippen molar-refractivity contribution in [3.05, 3.63) is 157 Å². The minimum absolute atomic E-state index is 0.0784. The molecule has 0 bridgehead atoms. The summed E-state index contributed by atoms with van der Waals surface area (Å²) in [6, 6.07) is 51.0. The first-order valence-electron chi connectivity index (χ1n) is 15.7. The van der Waals surface area contributed by atoms with Crippen LogP contribution in [0.2, 0.25) is 0 Å². The lowest BCUT2D eigenvalue weighted by Gasteiger charge is -2.21. The standard InChI is InChI=1S/C43H30N2O/c1-43(2)35-21-10-9-19-32(35)33-24-34-40(25-36(33)43)46-39-22-12-20-31(41(34)39)29-17-11-18-30(23-29)38-26-37(27-13-5-3-6-14-27)44-42(45-38)28-15-7-4-8-16-28/h3-26H,1-2H3. The number of aromatic nitrogens is 2. The van der Waals surface area contributed by atoms with E-state index < -0.39 is 0 Å². The number of hydrogen-bond donors (Lipinski definition) is 0. The fraction of sp³-hybridized carbons (Fsp3) is 0.0698. The summed E-state index contributed by atoms with van der Waals surface area (Å²) >= 11 is 0. The van der Waals surface area contributed by atoms with E-state index in [2.05, 4.69) is 123 Å². The van der Waals surface area contributed by atoms with Crippen molar-refractivity contribution in [3.63, 3.8) is 0 Å². The number of rotatable bonds is 4. The van der Waals surface area contributed by atoms with Crippen LogP contribution in [-0.4, -0.2) is 9.97 Å². The van der Waals surface area contributed by atoms with Crippen LogP contribution in [0.4, 0.5) is 0 Å². The summed E-state index contributed by atoms with van der Waals surface area (Å²) in [5, 5.41) is 2.28. The molecule has 0 atom stereocenters. The summed E-state index contributed by atoms with van der Waals surface area (Å²) in [5.74, 6) is 0.711. The van der Waals surface area contributed by atoms with E-state index in [1.807, 2.05) is 36.4 Å². The maximum Gasteiger partial charge on any atom is 0.160 e. The van der Waals surface area contributed by atoms with Gasteiger partial charge in [-0.2, -0.15) is 0 Å². The van der Waals surface area contributed by atoms with Crippen LogP contribution in [0.15, 0.2) is 150 Å². The first-order chi connectivity index (χ1) is 22.5. The van der Waals surface area contributed by atoms with Gasteiger partial charge in [0.2, 0.25) is 0 Å². The molecule has 0 saturated carbocycles. The SMILES string of the molecule is CC1(C)c2ccccc2-c2cc3c(cc21)oc1cccc(-c2cccc(-c4cc(-c5ccccc5)nc(-c5ccccc5)n4)c2)c13. The molecule has 0 spiro atoms. The molecule has 2 aromatic heterocycles. The van der Waals surface area contributed by atoms with Crippen LogP contribution in [0.3, 0.4) is 0 Å². The zero-order chi connectivity index (χ0) is 30.8. The van der Waals surface area contributed by atoms with E-state index in [0.717, 1.165) is 61.1 Å². The van der Waals surface area contributed by atoms with Gasteiger partial charge in [0.15, 0.2) is 5.82 Å². The number of furan rings is 1. The van der Waals surface area contributed by atoms with Crippen LogP contribution in [0.5, 0.6) is 0 Å². The molecule has 46 heavy (non-hydrogen) atoms. The third-order valence-electron chi connectivity index (χ3n) is 9.50. The van der Waals surface area contributed by atoms with Crippen LogP contribution >= 0.6 is 0 Å². The summed E-state index contributed by atoms with van der Waals surface area (Å²) in [5.41, 5.74) is 14.2. The topological polar surface area (TPSA) is 38.9 Å². The summed E-state index contributed by atoms with van der Waals surface area (Å²) < 4.78 is 6.56. The van der Waals surface area contributed by atoms with Gasteiger partial charge in [0, 0.05) is 32.9 Å². The van der Waals surface area contributed by atoms with Gasteiger partial charge in [-0.25, -0.2) is 9.97 Å². The fourth-order valence-electron chi connectivity index (χ4n) is 7.17. The molecule has 0 N–H and O–H groups in total. The molecule has 1 aliphatic rings. The molecule has 0 amide bonds. The van der Waals surface area contributed by atoms with Gasteiger partial charge in [-0.15, -0.1) is 0 Å². The van der Waals surface area contributed by atoms with E-state index in [0.29, 0.717) is 5.82 Å². The number of hydrogen-bond acceptors (Lipinski definition) is 3. The van der Waals surface area contributed by atoms with Crippen molar-refractivity contribution in [2.24, 2.45) is 0 Å². The molecule has 6 aromatic carbocycles. The molecule has 8 aromatic rings. The minimum Gasteiger partial charge on any atom is -0.456 e. The van der Waals surface area contributed by atoms with E-state index >= 15 is 0 Å². The Morgan fingerprint density at radius 2 is 1.09 bits per heavy atom. The molecular weight excluding hydrogens is 560 g/mol. The first kappa shape index (κ1) is 26.6. The van der Waals surface area contributed by atoms with Crippen LogP contribution in [0.1, 0.15) is 25.0 Å². The molecule has 1 aliphatic carbocycles. The fourth-order valence-corrected chi connectivity index (χ4v) is 7.17. The van der Waals surface area contributed by atoms with Gasteiger partial charge in [0.05, 0.1) is 11.4 Å². The average Bonchev–Trinajstić information content (AvgIpc) is 3.59. The number of benzene rings is 6. The Morgan fingerprint density at radius 1 is 0.457 bits per heavy atom. The van der Waals surface area contributed by atoms with Crippen LogP contribution < -0.4 is 0 Å². The lowest BCUT2D eigenvalue weighted by atomic mass is 9.82. The smallest absolute Gasteiger partial charge is 0.160 e. The molecule has 0 radical (unpaired) electrons. The van der Waals surface area contributed by atoms with Gasteiger partial charge in [-0.1, -0.05) is 129 Å². The van der Waals surface area contributed by atoms with Crippen LogP contribution in [0.25, 0.3) is 78.1 Å². The Balaban J connectivity index is 1.22. The lowest BCUT2D eigenvalue weighted by Crippen LogP contribution is -2.14. The maximum atomic E-state index is 6.56. The molecule has 0 aliphatic heterocycles. The minimum atomic E-state index is -0.0784. The highest BCUT2D eigenvalue weighted by Gasteiger charge is 2.36. The van der Waals surface area contributed by atoms with Crippen LogP contribution in [-0.2, 0) is 5.41 Å². The Hall–Kier alpha value is -5.80. The summed E-state index contributed by atoms with van der Waals surface area (Å²) in [7, 11) is 0. The van der Waals surface area contributed by atoms with Gasteiger partial charge in [0.25, 0.3) is 0 Å². The van der Waals surface area contributed by atoms with Crippen molar-refractivity contribution < 1.29 is 4.42 Å². The second-order valence-electron chi connectivity index (χ2n) is 12.6.